The van der Waals surface area contributed by atoms with Crippen molar-refractivity contribution in [3.8, 4) is 11.5 Å². The molecule has 80 valence electrons. The number of ether oxygens (including phenoxy) is 1. The molecule has 5 heteroatoms. The summed E-state index contributed by atoms with van der Waals surface area (Å²) in [6, 6.07) is 4.65. The molecule has 0 unspecified atom stereocenters. The van der Waals surface area contributed by atoms with Gasteiger partial charge >= 0.3 is 0 Å². The van der Waals surface area contributed by atoms with E-state index >= 15 is 0 Å². The number of phenolic OH excluding ortho intramolecular Hbond substituents is 1. The van der Waals surface area contributed by atoms with Gasteiger partial charge in [0.15, 0.2) is 0 Å². The summed E-state index contributed by atoms with van der Waals surface area (Å²) >= 11 is 0. The molecule has 1 aromatic carbocycles. The summed E-state index contributed by atoms with van der Waals surface area (Å²) in [4.78, 5) is 0. The fourth-order valence-electron chi connectivity index (χ4n) is 1.09. The Morgan fingerprint density at radius 1 is 1.50 bits per heavy atom. The van der Waals surface area contributed by atoms with Crippen molar-refractivity contribution in [1.29, 1.82) is 0 Å². The molecular formula is C9H15ClN2O2. The Bertz CT molecular complexity index is 294. The summed E-state index contributed by atoms with van der Waals surface area (Å²) in [6.45, 7) is 0.305. The van der Waals surface area contributed by atoms with Gasteiger partial charge in [0.1, 0.15) is 11.5 Å². The highest BCUT2D eigenvalue weighted by atomic mass is 35.5. The first-order valence-corrected chi connectivity index (χ1v) is 4.01. The summed E-state index contributed by atoms with van der Waals surface area (Å²) in [5.41, 5.74) is 11.7. The number of methoxy groups -OCH3 is 1. The highest BCUT2D eigenvalue weighted by Crippen LogP contribution is 2.26. The van der Waals surface area contributed by atoms with Crippen molar-refractivity contribution in [2.75, 3.05) is 13.7 Å². The molecule has 0 spiro atoms. The van der Waals surface area contributed by atoms with Crippen LogP contribution in [0.2, 0.25) is 0 Å². The van der Waals surface area contributed by atoms with E-state index in [2.05, 4.69) is 0 Å². The molecule has 0 radical (unpaired) electrons. The van der Waals surface area contributed by atoms with Gasteiger partial charge in [-0.15, -0.1) is 12.4 Å². The molecule has 1 rings (SSSR count). The Labute approximate surface area is 89.3 Å². The van der Waals surface area contributed by atoms with E-state index < -0.39 is 0 Å². The first-order valence-electron chi connectivity index (χ1n) is 4.01. The number of rotatable bonds is 3. The zero-order valence-corrected chi connectivity index (χ0v) is 8.75. The van der Waals surface area contributed by atoms with Crippen LogP contribution < -0.4 is 16.2 Å². The van der Waals surface area contributed by atoms with Crippen LogP contribution in [0.3, 0.4) is 0 Å². The van der Waals surface area contributed by atoms with E-state index in [1.807, 2.05) is 0 Å². The molecule has 0 fully saturated rings. The molecule has 0 aliphatic rings. The first-order chi connectivity index (χ1) is 6.19. The number of hydrogen-bond acceptors (Lipinski definition) is 4. The fraction of sp³-hybridized carbons (Fsp3) is 0.333. The molecular weight excluding hydrogens is 204 g/mol. The molecule has 14 heavy (non-hydrogen) atoms. The second-order valence-electron chi connectivity index (χ2n) is 2.77. The van der Waals surface area contributed by atoms with Gasteiger partial charge in [-0.3, -0.25) is 0 Å². The van der Waals surface area contributed by atoms with Gasteiger partial charge in [-0.2, -0.15) is 0 Å². The Kier molecular flexibility index (Phi) is 5.30. The van der Waals surface area contributed by atoms with Gasteiger partial charge in [-0.25, -0.2) is 0 Å². The van der Waals surface area contributed by atoms with Crippen LogP contribution in [0.25, 0.3) is 0 Å². The van der Waals surface area contributed by atoms with Crippen molar-refractivity contribution in [3.05, 3.63) is 23.8 Å². The summed E-state index contributed by atoms with van der Waals surface area (Å²) in [5.74, 6) is 0.725. The van der Waals surface area contributed by atoms with Gasteiger partial charge in [0.05, 0.1) is 7.11 Å². The number of nitrogens with two attached hydrogens (primary N) is 2. The van der Waals surface area contributed by atoms with E-state index in [9.17, 15) is 5.11 Å². The Hall–Kier alpha value is -0.970. The third-order valence-corrected chi connectivity index (χ3v) is 1.89. The highest BCUT2D eigenvalue weighted by Gasteiger charge is 2.09. The Balaban J connectivity index is 0.00000169. The second kappa shape index (κ2) is 5.70. The van der Waals surface area contributed by atoms with E-state index in [1.165, 1.54) is 13.2 Å². The lowest BCUT2D eigenvalue weighted by Crippen LogP contribution is -2.20. The lowest BCUT2D eigenvalue weighted by molar-refractivity contribution is 0.405. The van der Waals surface area contributed by atoms with Gasteiger partial charge in [0.25, 0.3) is 0 Å². The zero-order chi connectivity index (χ0) is 9.84. The van der Waals surface area contributed by atoms with E-state index in [-0.39, 0.29) is 24.2 Å². The predicted octanol–water partition coefficient (Wildman–Crippen LogP) is 0.781. The van der Waals surface area contributed by atoms with Gasteiger partial charge in [-0.1, -0.05) is 6.07 Å². The quantitative estimate of drug-likeness (QED) is 0.701. The molecule has 0 bridgehead atoms. The topological polar surface area (TPSA) is 81.5 Å². The van der Waals surface area contributed by atoms with Crippen LogP contribution >= 0.6 is 12.4 Å². The van der Waals surface area contributed by atoms with Crippen molar-refractivity contribution in [1.82, 2.24) is 0 Å². The maximum absolute atomic E-state index is 9.51. The van der Waals surface area contributed by atoms with Crippen molar-refractivity contribution >= 4 is 12.4 Å². The largest absolute Gasteiger partial charge is 0.507 e. The molecule has 0 heterocycles. The molecule has 1 atom stereocenters. The average Bonchev–Trinajstić information content (AvgIpc) is 2.16. The van der Waals surface area contributed by atoms with Crippen molar-refractivity contribution in [2.45, 2.75) is 6.04 Å². The number of benzene rings is 1. The van der Waals surface area contributed by atoms with Crippen LogP contribution in [0, 0.1) is 0 Å². The maximum Gasteiger partial charge on any atom is 0.124 e. The molecule has 0 aromatic heterocycles. The van der Waals surface area contributed by atoms with E-state index in [0.717, 1.165) is 0 Å². The van der Waals surface area contributed by atoms with Crippen LogP contribution in [0.1, 0.15) is 11.6 Å². The van der Waals surface area contributed by atoms with E-state index in [1.54, 1.807) is 12.1 Å². The van der Waals surface area contributed by atoms with Gasteiger partial charge in [0, 0.05) is 24.2 Å². The molecule has 4 nitrogen and oxygen atoms in total. The Morgan fingerprint density at radius 3 is 2.57 bits per heavy atom. The van der Waals surface area contributed by atoms with Crippen LogP contribution in [-0.4, -0.2) is 18.8 Å². The average molecular weight is 219 g/mol. The van der Waals surface area contributed by atoms with Crippen LogP contribution in [0.15, 0.2) is 18.2 Å². The minimum Gasteiger partial charge on any atom is -0.507 e. The minimum absolute atomic E-state index is 0. The third kappa shape index (κ3) is 2.77. The molecule has 0 amide bonds. The van der Waals surface area contributed by atoms with Crippen molar-refractivity contribution in [3.63, 3.8) is 0 Å². The smallest absolute Gasteiger partial charge is 0.124 e. The number of aromatic hydroxyl groups is 1. The molecule has 0 aliphatic heterocycles. The zero-order valence-electron chi connectivity index (χ0n) is 7.93. The lowest BCUT2D eigenvalue weighted by atomic mass is 10.1. The molecule has 0 saturated carbocycles. The lowest BCUT2D eigenvalue weighted by Gasteiger charge is -2.11. The van der Waals surface area contributed by atoms with Crippen LogP contribution in [0.4, 0.5) is 0 Å². The molecule has 5 N–H and O–H groups in total. The monoisotopic (exact) mass is 218 g/mol. The summed E-state index contributed by atoms with van der Waals surface area (Å²) in [6.07, 6.45) is 0. The Morgan fingerprint density at radius 2 is 2.14 bits per heavy atom. The van der Waals surface area contributed by atoms with Crippen molar-refractivity contribution < 1.29 is 9.84 Å². The SMILES string of the molecule is COc1ccc([C@@H](N)CN)c(O)c1.Cl. The third-order valence-electron chi connectivity index (χ3n) is 1.89. The second-order valence-corrected chi connectivity index (χ2v) is 2.77. The van der Waals surface area contributed by atoms with E-state index in [4.69, 9.17) is 16.2 Å². The number of hydrogen-bond donors (Lipinski definition) is 3. The highest BCUT2D eigenvalue weighted by molar-refractivity contribution is 5.85. The summed E-state index contributed by atoms with van der Waals surface area (Å²) in [5, 5.41) is 9.51. The van der Waals surface area contributed by atoms with Crippen LogP contribution in [-0.2, 0) is 0 Å². The molecule has 1 aromatic rings. The summed E-state index contributed by atoms with van der Waals surface area (Å²) in [7, 11) is 1.54. The molecule has 0 saturated heterocycles. The van der Waals surface area contributed by atoms with Crippen molar-refractivity contribution in [2.24, 2.45) is 11.5 Å². The van der Waals surface area contributed by atoms with Gasteiger partial charge in [-0.05, 0) is 6.07 Å². The number of halogens is 1. The minimum atomic E-state index is -0.328. The maximum atomic E-state index is 9.51. The van der Waals surface area contributed by atoms with Crippen LogP contribution in [0.5, 0.6) is 11.5 Å². The normalized spacial score (nSPS) is 11.6. The van der Waals surface area contributed by atoms with Gasteiger partial charge in [0.2, 0.25) is 0 Å². The van der Waals surface area contributed by atoms with E-state index in [0.29, 0.717) is 17.9 Å². The van der Waals surface area contributed by atoms with Gasteiger partial charge < -0.3 is 21.3 Å². The fourth-order valence-corrected chi connectivity index (χ4v) is 1.09. The summed E-state index contributed by atoms with van der Waals surface area (Å²) < 4.78 is 4.93. The number of phenols is 1. The standard InChI is InChI=1S/C9H14N2O2.ClH/c1-13-6-2-3-7(8(11)5-10)9(12)4-6;/h2-4,8,12H,5,10-11H2,1H3;1H/t8-;/m0./s1. The molecule has 0 aliphatic carbocycles. The predicted molar refractivity (Wildman–Crippen MR) is 57.9 cm³/mol. The first kappa shape index (κ1) is 13.0.